The van der Waals surface area contributed by atoms with Gasteiger partial charge in [-0.15, -0.1) is 0 Å². The molecule has 0 saturated heterocycles. The van der Waals surface area contributed by atoms with Gasteiger partial charge in [0.1, 0.15) is 7.14 Å². The molecule has 0 amide bonds. The third-order valence-electron chi connectivity index (χ3n) is 3.33. The highest BCUT2D eigenvalue weighted by Crippen LogP contribution is 2.44. The van der Waals surface area contributed by atoms with Crippen molar-refractivity contribution in [3.05, 3.63) is 60.7 Å². The van der Waals surface area contributed by atoms with Crippen LogP contribution in [0.15, 0.2) is 60.7 Å². The predicted molar refractivity (Wildman–Crippen MR) is 82.3 cm³/mol. The summed E-state index contributed by atoms with van der Waals surface area (Å²) in [5, 5.41) is 20.1. The second-order valence-corrected chi connectivity index (χ2v) is 7.72. The first kappa shape index (κ1) is 15.0. The molecule has 1 atom stereocenters. The van der Waals surface area contributed by atoms with Gasteiger partial charge in [0.15, 0.2) is 0 Å². The van der Waals surface area contributed by atoms with E-state index in [1.807, 2.05) is 60.7 Å². The monoisotopic (exact) mass is 290 g/mol. The van der Waals surface area contributed by atoms with E-state index >= 15 is 0 Å². The summed E-state index contributed by atoms with van der Waals surface area (Å²) in [5.41, 5.74) is 0. The van der Waals surface area contributed by atoms with E-state index in [1.165, 1.54) is 0 Å². The standard InChI is InChI=1S/C16H19O3P/c17-13-14(18)11-12-20(19,15-7-3-1-4-8-15)16-9-5-2-6-10-16/h1-10,14,17-18H,11-13H2. The van der Waals surface area contributed by atoms with Crippen molar-refractivity contribution < 1.29 is 14.8 Å². The maximum atomic E-state index is 13.4. The predicted octanol–water partition coefficient (Wildman–Crippen LogP) is 1.74. The van der Waals surface area contributed by atoms with Gasteiger partial charge < -0.3 is 14.8 Å². The number of aliphatic hydroxyl groups excluding tert-OH is 2. The minimum absolute atomic E-state index is 0.302. The van der Waals surface area contributed by atoms with Crippen LogP contribution >= 0.6 is 7.14 Å². The Hall–Kier alpha value is -1.41. The van der Waals surface area contributed by atoms with Crippen molar-refractivity contribution in [1.82, 2.24) is 0 Å². The van der Waals surface area contributed by atoms with Crippen molar-refractivity contribution in [2.24, 2.45) is 0 Å². The van der Waals surface area contributed by atoms with Gasteiger partial charge in [0.2, 0.25) is 0 Å². The lowest BCUT2D eigenvalue weighted by Gasteiger charge is -2.20. The molecule has 2 rings (SSSR count). The molecular weight excluding hydrogens is 271 g/mol. The summed E-state index contributed by atoms with van der Waals surface area (Å²) < 4.78 is 13.4. The molecule has 0 aliphatic carbocycles. The lowest BCUT2D eigenvalue weighted by molar-refractivity contribution is 0.0929. The van der Waals surface area contributed by atoms with Crippen molar-refractivity contribution in [2.45, 2.75) is 12.5 Å². The largest absolute Gasteiger partial charge is 0.394 e. The van der Waals surface area contributed by atoms with Gasteiger partial charge in [-0.1, -0.05) is 60.7 Å². The van der Waals surface area contributed by atoms with Crippen LogP contribution in [0.2, 0.25) is 0 Å². The highest BCUT2D eigenvalue weighted by atomic mass is 31.2. The summed E-state index contributed by atoms with van der Waals surface area (Å²) in [6.45, 7) is -0.302. The fourth-order valence-electron chi connectivity index (χ4n) is 2.17. The molecule has 0 spiro atoms. The molecule has 20 heavy (non-hydrogen) atoms. The minimum Gasteiger partial charge on any atom is -0.394 e. The molecule has 0 bridgehead atoms. The van der Waals surface area contributed by atoms with Crippen LogP contribution in [0.25, 0.3) is 0 Å². The average Bonchev–Trinajstić information content (AvgIpc) is 2.54. The first-order valence-electron chi connectivity index (χ1n) is 6.66. The first-order chi connectivity index (χ1) is 9.66. The SMILES string of the molecule is O=P(CCC(O)CO)(c1ccccc1)c1ccccc1. The summed E-state index contributed by atoms with van der Waals surface area (Å²) in [4.78, 5) is 0. The third kappa shape index (κ3) is 3.37. The molecule has 0 heterocycles. The van der Waals surface area contributed by atoms with Crippen LogP contribution in [0.5, 0.6) is 0 Å². The van der Waals surface area contributed by atoms with E-state index < -0.39 is 13.2 Å². The Morgan fingerprint density at radius 3 is 1.75 bits per heavy atom. The van der Waals surface area contributed by atoms with Crippen LogP contribution in [-0.2, 0) is 4.57 Å². The highest BCUT2D eigenvalue weighted by molar-refractivity contribution is 7.78. The molecule has 3 nitrogen and oxygen atoms in total. The molecule has 0 aliphatic rings. The normalized spacial score (nSPS) is 13.1. The number of hydrogen-bond acceptors (Lipinski definition) is 3. The molecule has 0 aromatic heterocycles. The zero-order valence-electron chi connectivity index (χ0n) is 11.2. The second-order valence-electron chi connectivity index (χ2n) is 4.76. The van der Waals surface area contributed by atoms with E-state index in [4.69, 9.17) is 5.11 Å². The molecule has 106 valence electrons. The van der Waals surface area contributed by atoms with E-state index in [2.05, 4.69) is 0 Å². The molecule has 2 aromatic carbocycles. The second kappa shape index (κ2) is 6.85. The zero-order valence-corrected chi connectivity index (χ0v) is 12.1. The van der Waals surface area contributed by atoms with Gasteiger partial charge in [0.05, 0.1) is 12.7 Å². The highest BCUT2D eigenvalue weighted by Gasteiger charge is 2.27. The van der Waals surface area contributed by atoms with Crippen LogP contribution in [0.1, 0.15) is 6.42 Å². The first-order valence-corrected chi connectivity index (χ1v) is 8.55. The Bertz CT molecular complexity index is 525. The summed E-state index contributed by atoms with van der Waals surface area (Å²) >= 11 is 0. The molecule has 0 aliphatic heterocycles. The lowest BCUT2D eigenvalue weighted by atomic mass is 10.3. The number of aliphatic hydroxyl groups is 2. The van der Waals surface area contributed by atoms with E-state index in [1.54, 1.807) is 0 Å². The smallest absolute Gasteiger partial charge is 0.143 e. The van der Waals surface area contributed by atoms with Crippen molar-refractivity contribution in [3.8, 4) is 0 Å². The fraction of sp³-hybridized carbons (Fsp3) is 0.250. The van der Waals surface area contributed by atoms with Gasteiger partial charge in [0.25, 0.3) is 0 Å². The van der Waals surface area contributed by atoms with Gasteiger partial charge in [-0.25, -0.2) is 0 Å². The van der Waals surface area contributed by atoms with Crippen molar-refractivity contribution in [1.29, 1.82) is 0 Å². The minimum atomic E-state index is -2.76. The number of hydrogen-bond donors (Lipinski definition) is 2. The Labute approximate surface area is 119 Å². The zero-order chi connectivity index (χ0) is 14.4. The number of rotatable bonds is 6. The maximum absolute atomic E-state index is 13.4. The topological polar surface area (TPSA) is 57.5 Å². The Morgan fingerprint density at radius 1 is 0.900 bits per heavy atom. The molecule has 1 unspecified atom stereocenters. The van der Waals surface area contributed by atoms with E-state index in [9.17, 15) is 9.67 Å². The van der Waals surface area contributed by atoms with Crippen LogP contribution in [0, 0.1) is 0 Å². The van der Waals surface area contributed by atoms with Crippen LogP contribution in [0.3, 0.4) is 0 Å². The average molecular weight is 290 g/mol. The summed E-state index contributed by atoms with van der Waals surface area (Å²) in [5.74, 6) is 0. The van der Waals surface area contributed by atoms with Gasteiger partial charge in [-0.2, -0.15) is 0 Å². The Morgan fingerprint density at radius 2 is 1.35 bits per heavy atom. The van der Waals surface area contributed by atoms with E-state index in [0.29, 0.717) is 12.6 Å². The summed E-state index contributed by atoms with van der Waals surface area (Å²) in [6, 6.07) is 18.7. The fourth-order valence-corrected chi connectivity index (χ4v) is 4.95. The Kier molecular flexibility index (Phi) is 5.13. The molecule has 0 saturated carbocycles. The van der Waals surface area contributed by atoms with E-state index in [0.717, 1.165) is 10.6 Å². The lowest BCUT2D eigenvalue weighted by Crippen LogP contribution is -2.22. The molecule has 0 fully saturated rings. The molecular formula is C16H19O3P. The van der Waals surface area contributed by atoms with Gasteiger partial charge in [-0.05, 0) is 6.42 Å². The van der Waals surface area contributed by atoms with Gasteiger partial charge in [-0.3, -0.25) is 0 Å². The molecule has 2 N–H and O–H groups in total. The summed E-state index contributed by atoms with van der Waals surface area (Å²) in [6.07, 6.45) is -0.156. The van der Waals surface area contributed by atoms with Crippen LogP contribution in [0.4, 0.5) is 0 Å². The molecule has 2 aromatic rings. The molecule has 4 heteroatoms. The van der Waals surface area contributed by atoms with Crippen molar-refractivity contribution in [3.63, 3.8) is 0 Å². The van der Waals surface area contributed by atoms with Gasteiger partial charge in [0, 0.05) is 16.8 Å². The number of benzene rings is 2. The van der Waals surface area contributed by atoms with Crippen molar-refractivity contribution in [2.75, 3.05) is 12.8 Å². The maximum Gasteiger partial charge on any atom is 0.143 e. The van der Waals surface area contributed by atoms with Gasteiger partial charge >= 0.3 is 0 Å². The van der Waals surface area contributed by atoms with Crippen LogP contribution in [-0.4, -0.2) is 29.1 Å². The molecule has 0 radical (unpaired) electrons. The third-order valence-corrected chi connectivity index (χ3v) is 6.49. The summed E-state index contributed by atoms with van der Waals surface area (Å²) in [7, 11) is -2.76. The van der Waals surface area contributed by atoms with Crippen LogP contribution < -0.4 is 10.6 Å². The quantitative estimate of drug-likeness (QED) is 0.797. The van der Waals surface area contributed by atoms with E-state index in [-0.39, 0.29) is 6.61 Å². The Balaban J connectivity index is 2.37. The van der Waals surface area contributed by atoms with Crippen molar-refractivity contribution >= 4 is 17.8 Å².